The smallest absolute Gasteiger partial charge is 0.000378 e. The average molecular weight is 245 g/mol. The van der Waals surface area contributed by atoms with Gasteiger partial charge in [0.1, 0.15) is 0 Å². The van der Waals surface area contributed by atoms with Crippen LogP contribution in [-0.2, 0) is 0 Å². The van der Waals surface area contributed by atoms with Crippen LogP contribution in [0.5, 0.6) is 0 Å². The molecule has 18 heavy (non-hydrogen) atoms. The Balaban J connectivity index is 2.11. The van der Waals surface area contributed by atoms with E-state index < -0.39 is 0 Å². The lowest BCUT2D eigenvalue weighted by Crippen LogP contribution is -2.31. The SMILES string of the molecule is CC(CN(C)C)C1CCCCC1c1ccccc1. The molecule has 1 aliphatic carbocycles. The maximum Gasteiger partial charge on any atom is 0.000378 e. The van der Waals surface area contributed by atoms with Crippen molar-refractivity contribution in [3.8, 4) is 0 Å². The average Bonchev–Trinajstić information content (AvgIpc) is 2.39. The molecule has 1 aromatic rings. The normalized spacial score (nSPS) is 26.2. The lowest BCUT2D eigenvalue weighted by Gasteiger charge is -2.37. The van der Waals surface area contributed by atoms with E-state index in [1.165, 1.54) is 32.2 Å². The maximum absolute atomic E-state index is 2.44. The molecule has 1 heteroatoms. The van der Waals surface area contributed by atoms with E-state index in [2.05, 4.69) is 56.3 Å². The van der Waals surface area contributed by atoms with Gasteiger partial charge in [0.2, 0.25) is 0 Å². The van der Waals surface area contributed by atoms with E-state index in [4.69, 9.17) is 0 Å². The molecular formula is C17H27N. The van der Waals surface area contributed by atoms with E-state index in [-0.39, 0.29) is 0 Å². The summed E-state index contributed by atoms with van der Waals surface area (Å²) in [5, 5.41) is 0. The highest BCUT2D eigenvalue weighted by Crippen LogP contribution is 2.41. The molecule has 0 amide bonds. The molecule has 0 N–H and O–H groups in total. The molecule has 1 aliphatic rings. The number of nitrogens with zero attached hydrogens (tertiary/aromatic N) is 1. The third-order valence-corrected chi connectivity index (χ3v) is 4.43. The van der Waals surface area contributed by atoms with Gasteiger partial charge < -0.3 is 4.90 Å². The van der Waals surface area contributed by atoms with E-state index in [1.807, 2.05) is 0 Å². The van der Waals surface area contributed by atoms with Gasteiger partial charge in [-0.05, 0) is 50.3 Å². The number of hydrogen-bond donors (Lipinski definition) is 0. The van der Waals surface area contributed by atoms with E-state index in [1.54, 1.807) is 5.56 Å². The first-order valence-corrected chi connectivity index (χ1v) is 7.38. The molecule has 0 aliphatic heterocycles. The van der Waals surface area contributed by atoms with Gasteiger partial charge in [-0.3, -0.25) is 0 Å². The van der Waals surface area contributed by atoms with Crippen molar-refractivity contribution in [3.63, 3.8) is 0 Å². The maximum atomic E-state index is 2.44. The van der Waals surface area contributed by atoms with Gasteiger partial charge in [-0.1, -0.05) is 50.1 Å². The predicted molar refractivity (Wildman–Crippen MR) is 78.9 cm³/mol. The first-order chi connectivity index (χ1) is 8.68. The quantitative estimate of drug-likeness (QED) is 0.770. The van der Waals surface area contributed by atoms with Crippen LogP contribution in [-0.4, -0.2) is 25.5 Å². The van der Waals surface area contributed by atoms with Crippen LogP contribution in [0.15, 0.2) is 30.3 Å². The summed E-state index contributed by atoms with van der Waals surface area (Å²) >= 11 is 0. The fourth-order valence-corrected chi connectivity index (χ4v) is 3.67. The van der Waals surface area contributed by atoms with Gasteiger partial charge in [-0.25, -0.2) is 0 Å². The monoisotopic (exact) mass is 245 g/mol. The highest BCUT2D eigenvalue weighted by molar-refractivity contribution is 5.21. The van der Waals surface area contributed by atoms with Crippen molar-refractivity contribution >= 4 is 0 Å². The zero-order chi connectivity index (χ0) is 13.0. The third-order valence-electron chi connectivity index (χ3n) is 4.43. The minimum absolute atomic E-state index is 0.787. The second-order valence-corrected chi connectivity index (χ2v) is 6.21. The zero-order valence-electron chi connectivity index (χ0n) is 12.1. The molecule has 3 atom stereocenters. The Morgan fingerprint density at radius 3 is 2.44 bits per heavy atom. The van der Waals surface area contributed by atoms with Crippen LogP contribution < -0.4 is 0 Å². The molecule has 2 rings (SSSR count). The molecule has 0 bridgehead atoms. The van der Waals surface area contributed by atoms with E-state index in [0.717, 1.165) is 17.8 Å². The second-order valence-electron chi connectivity index (χ2n) is 6.21. The van der Waals surface area contributed by atoms with Crippen molar-refractivity contribution in [2.24, 2.45) is 11.8 Å². The summed E-state index contributed by atoms with van der Waals surface area (Å²) in [6, 6.07) is 11.2. The third kappa shape index (κ3) is 3.35. The highest BCUT2D eigenvalue weighted by atomic mass is 15.1. The molecule has 1 saturated carbocycles. The van der Waals surface area contributed by atoms with E-state index in [9.17, 15) is 0 Å². The predicted octanol–water partition coefficient (Wildman–Crippen LogP) is 4.16. The molecule has 0 spiro atoms. The van der Waals surface area contributed by atoms with Crippen LogP contribution in [0, 0.1) is 11.8 Å². The van der Waals surface area contributed by atoms with Crippen LogP contribution in [0.1, 0.15) is 44.1 Å². The van der Waals surface area contributed by atoms with Gasteiger partial charge in [0.15, 0.2) is 0 Å². The van der Waals surface area contributed by atoms with Gasteiger partial charge in [0.25, 0.3) is 0 Å². The summed E-state index contributed by atoms with van der Waals surface area (Å²) in [4.78, 5) is 2.33. The van der Waals surface area contributed by atoms with Crippen molar-refractivity contribution in [2.45, 2.75) is 38.5 Å². The van der Waals surface area contributed by atoms with Gasteiger partial charge in [-0.2, -0.15) is 0 Å². The molecule has 0 radical (unpaired) electrons. The molecule has 100 valence electrons. The van der Waals surface area contributed by atoms with Crippen LogP contribution >= 0.6 is 0 Å². The van der Waals surface area contributed by atoms with Crippen LogP contribution in [0.25, 0.3) is 0 Å². The summed E-state index contributed by atoms with van der Waals surface area (Å²) in [6.07, 6.45) is 5.62. The lowest BCUT2D eigenvalue weighted by atomic mass is 9.70. The summed E-state index contributed by atoms with van der Waals surface area (Å²) in [6.45, 7) is 3.65. The summed E-state index contributed by atoms with van der Waals surface area (Å²) in [7, 11) is 4.38. The van der Waals surface area contributed by atoms with Gasteiger partial charge in [0.05, 0.1) is 0 Å². The van der Waals surface area contributed by atoms with Crippen molar-refractivity contribution in [1.82, 2.24) is 4.90 Å². The molecule has 1 nitrogen and oxygen atoms in total. The second kappa shape index (κ2) is 6.38. The molecule has 3 unspecified atom stereocenters. The Labute approximate surface area is 112 Å². The van der Waals surface area contributed by atoms with Crippen LogP contribution in [0.4, 0.5) is 0 Å². The fraction of sp³-hybridized carbons (Fsp3) is 0.647. The minimum atomic E-state index is 0.787. The molecule has 1 fully saturated rings. The largest absolute Gasteiger partial charge is 0.309 e. The summed E-state index contributed by atoms with van der Waals surface area (Å²) < 4.78 is 0. The summed E-state index contributed by atoms with van der Waals surface area (Å²) in [5.41, 5.74) is 1.56. The van der Waals surface area contributed by atoms with E-state index in [0.29, 0.717) is 0 Å². The topological polar surface area (TPSA) is 3.24 Å². The Kier molecular flexibility index (Phi) is 4.82. The molecule has 0 saturated heterocycles. The van der Waals surface area contributed by atoms with Gasteiger partial charge >= 0.3 is 0 Å². The Hall–Kier alpha value is -0.820. The molecule has 1 aromatic carbocycles. The molecular weight excluding hydrogens is 218 g/mol. The highest BCUT2D eigenvalue weighted by Gasteiger charge is 2.30. The molecule has 0 aromatic heterocycles. The van der Waals surface area contributed by atoms with Crippen molar-refractivity contribution < 1.29 is 0 Å². The van der Waals surface area contributed by atoms with Crippen molar-refractivity contribution in [3.05, 3.63) is 35.9 Å². The van der Waals surface area contributed by atoms with Crippen LogP contribution in [0.3, 0.4) is 0 Å². The van der Waals surface area contributed by atoms with Gasteiger partial charge in [-0.15, -0.1) is 0 Å². The standard InChI is InChI=1S/C17H27N/c1-14(13-18(2)3)16-11-7-8-12-17(16)15-9-5-4-6-10-15/h4-6,9-10,14,16-17H,7-8,11-13H2,1-3H3. The van der Waals surface area contributed by atoms with E-state index >= 15 is 0 Å². The fourth-order valence-electron chi connectivity index (χ4n) is 3.67. The number of hydrogen-bond acceptors (Lipinski definition) is 1. The van der Waals surface area contributed by atoms with Crippen LogP contribution in [0.2, 0.25) is 0 Å². The molecule has 0 heterocycles. The van der Waals surface area contributed by atoms with Gasteiger partial charge in [0, 0.05) is 6.54 Å². The zero-order valence-corrected chi connectivity index (χ0v) is 12.1. The Bertz CT molecular complexity index is 344. The first-order valence-electron chi connectivity index (χ1n) is 7.38. The lowest BCUT2D eigenvalue weighted by molar-refractivity contribution is 0.187. The summed E-state index contributed by atoms with van der Waals surface area (Å²) in [5.74, 6) is 2.45. The Morgan fingerprint density at radius 2 is 1.78 bits per heavy atom. The number of benzene rings is 1. The van der Waals surface area contributed by atoms with Crippen molar-refractivity contribution in [1.29, 1.82) is 0 Å². The Morgan fingerprint density at radius 1 is 1.11 bits per heavy atom. The minimum Gasteiger partial charge on any atom is -0.309 e. The first kappa shape index (κ1) is 13.6. The van der Waals surface area contributed by atoms with Crippen molar-refractivity contribution in [2.75, 3.05) is 20.6 Å². The number of rotatable bonds is 4.